The molecule has 4 rings (SSSR count). The molecule has 0 aliphatic carbocycles. The van der Waals surface area contributed by atoms with Crippen molar-refractivity contribution in [2.24, 2.45) is 0 Å². The molecule has 2 aromatic rings. The second-order valence-corrected chi connectivity index (χ2v) is 8.08. The number of anilines is 1. The fourth-order valence-electron chi connectivity index (χ4n) is 4.42. The molecule has 5 nitrogen and oxygen atoms in total. The van der Waals surface area contributed by atoms with E-state index in [-0.39, 0.29) is 11.5 Å². The van der Waals surface area contributed by atoms with Crippen LogP contribution in [0.1, 0.15) is 53.7 Å². The van der Waals surface area contributed by atoms with Crippen molar-refractivity contribution in [3.05, 3.63) is 58.3 Å². The van der Waals surface area contributed by atoms with Crippen molar-refractivity contribution >= 4 is 17.5 Å². The zero-order valence-electron chi connectivity index (χ0n) is 18.1. The van der Waals surface area contributed by atoms with Gasteiger partial charge in [-0.2, -0.15) is 0 Å². The van der Waals surface area contributed by atoms with Crippen molar-refractivity contribution < 1.29 is 14.6 Å². The van der Waals surface area contributed by atoms with E-state index in [4.69, 9.17) is 4.74 Å². The molecule has 2 heterocycles. The van der Waals surface area contributed by atoms with Crippen molar-refractivity contribution in [3.63, 3.8) is 0 Å². The van der Waals surface area contributed by atoms with E-state index in [0.29, 0.717) is 29.2 Å². The van der Waals surface area contributed by atoms with E-state index in [1.807, 2.05) is 19.1 Å². The molecule has 0 bridgehead atoms. The van der Waals surface area contributed by atoms with Gasteiger partial charge in [0.2, 0.25) is 5.78 Å². The third kappa shape index (κ3) is 3.82. The summed E-state index contributed by atoms with van der Waals surface area (Å²) in [4.78, 5) is 17.7. The lowest BCUT2D eigenvalue weighted by atomic mass is 9.99. The highest BCUT2D eigenvalue weighted by Gasteiger charge is 2.33. The Bertz CT molecular complexity index is 969. The first kappa shape index (κ1) is 20.5. The smallest absolute Gasteiger partial charge is 0.232 e. The Balaban J connectivity index is 1.63. The average Bonchev–Trinajstić information content (AvgIpc) is 3.36. The van der Waals surface area contributed by atoms with Gasteiger partial charge in [0, 0.05) is 25.3 Å². The summed E-state index contributed by atoms with van der Waals surface area (Å²) in [5.41, 5.74) is 4.12. The van der Waals surface area contributed by atoms with Crippen LogP contribution < -0.4 is 9.64 Å². The molecule has 30 heavy (non-hydrogen) atoms. The number of rotatable bonds is 6. The maximum absolute atomic E-state index is 13.1. The number of phenolic OH excluding ortho intramolecular Hbond substituents is 1. The van der Waals surface area contributed by atoms with Crippen LogP contribution in [0.25, 0.3) is 6.08 Å². The second kappa shape index (κ2) is 8.52. The van der Waals surface area contributed by atoms with E-state index in [1.165, 1.54) is 12.8 Å². The highest BCUT2D eigenvalue weighted by atomic mass is 16.5. The van der Waals surface area contributed by atoms with Gasteiger partial charge in [-0.3, -0.25) is 9.69 Å². The largest absolute Gasteiger partial charge is 0.507 e. The first-order valence-electron chi connectivity index (χ1n) is 10.9. The Morgan fingerprint density at radius 2 is 1.80 bits per heavy atom. The van der Waals surface area contributed by atoms with Crippen LogP contribution in [0.2, 0.25) is 0 Å². The number of allylic oxidation sites excluding steroid dienone is 1. The van der Waals surface area contributed by atoms with Gasteiger partial charge in [0.05, 0.1) is 11.1 Å². The average molecular weight is 407 g/mol. The summed E-state index contributed by atoms with van der Waals surface area (Å²) >= 11 is 0. The predicted octanol–water partition coefficient (Wildman–Crippen LogP) is 4.76. The van der Waals surface area contributed by atoms with Crippen LogP contribution in [0, 0.1) is 6.92 Å². The van der Waals surface area contributed by atoms with E-state index >= 15 is 0 Å². The maximum atomic E-state index is 13.1. The zero-order chi connectivity index (χ0) is 21.3. The van der Waals surface area contributed by atoms with Gasteiger partial charge in [-0.05, 0) is 82.1 Å². The second-order valence-electron chi connectivity index (χ2n) is 8.08. The number of phenols is 1. The highest BCUT2D eigenvalue weighted by molar-refractivity contribution is 6.15. The number of benzene rings is 2. The molecule has 2 aliphatic rings. The lowest BCUT2D eigenvalue weighted by Gasteiger charge is -2.20. The normalized spacial score (nSPS) is 17.4. The van der Waals surface area contributed by atoms with E-state index in [0.717, 1.165) is 43.0 Å². The van der Waals surface area contributed by atoms with Gasteiger partial charge in [-0.25, -0.2) is 0 Å². The summed E-state index contributed by atoms with van der Waals surface area (Å²) in [6.45, 7) is 10.7. The number of fused-ring (bicyclic) bond motifs is 1. The number of aromatic hydroxyl groups is 1. The minimum Gasteiger partial charge on any atom is -0.507 e. The fraction of sp³-hybridized carbons (Fsp3) is 0.400. The third-order valence-corrected chi connectivity index (χ3v) is 6.12. The standard InChI is InChI=1S/C25H30N2O3/c1-4-27(5-2)19-10-8-18(9-11-19)15-22-24(29)23-17(3)14-21(28)20(25(23)30-22)16-26-12-6-7-13-26/h8-11,14-15,28H,4-7,12-13,16H2,1-3H3/b22-15-. The molecule has 0 aromatic heterocycles. The van der Waals surface area contributed by atoms with Crippen molar-refractivity contribution in [2.75, 3.05) is 31.1 Å². The Morgan fingerprint density at radius 1 is 1.13 bits per heavy atom. The maximum Gasteiger partial charge on any atom is 0.232 e. The molecule has 1 N–H and O–H groups in total. The quantitative estimate of drug-likeness (QED) is 0.701. The minimum absolute atomic E-state index is 0.113. The van der Waals surface area contributed by atoms with Crippen LogP contribution >= 0.6 is 0 Å². The first-order chi connectivity index (χ1) is 14.5. The number of ketones is 1. The zero-order valence-corrected chi connectivity index (χ0v) is 18.1. The number of carbonyl (C=O) groups excluding carboxylic acids is 1. The molecule has 2 aliphatic heterocycles. The molecular weight excluding hydrogens is 376 g/mol. The monoisotopic (exact) mass is 406 g/mol. The van der Waals surface area contributed by atoms with Crippen LogP contribution in [0.5, 0.6) is 11.5 Å². The summed E-state index contributed by atoms with van der Waals surface area (Å²) in [6, 6.07) is 9.85. The van der Waals surface area contributed by atoms with E-state index in [1.54, 1.807) is 12.1 Å². The molecule has 1 fully saturated rings. The number of ether oxygens (including phenoxy) is 1. The molecule has 0 unspecified atom stereocenters. The molecule has 158 valence electrons. The predicted molar refractivity (Wildman–Crippen MR) is 120 cm³/mol. The molecule has 0 spiro atoms. The highest BCUT2D eigenvalue weighted by Crippen LogP contribution is 2.42. The number of hydrogen-bond acceptors (Lipinski definition) is 5. The Kier molecular flexibility index (Phi) is 5.82. The summed E-state index contributed by atoms with van der Waals surface area (Å²) < 4.78 is 6.06. The molecule has 0 radical (unpaired) electrons. The molecule has 0 amide bonds. The van der Waals surface area contributed by atoms with Crippen LogP contribution in [-0.2, 0) is 6.54 Å². The summed E-state index contributed by atoms with van der Waals surface area (Å²) in [6.07, 6.45) is 4.14. The van der Waals surface area contributed by atoms with Gasteiger partial charge >= 0.3 is 0 Å². The molecule has 2 aromatic carbocycles. The number of nitrogens with zero attached hydrogens (tertiary/aromatic N) is 2. The SMILES string of the molecule is CCN(CC)c1ccc(/C=C2\Oc3c(CN4CCCC4)c(O)cc(C)c3C2=O)cc1. The number of aryl methyl sites for hydroxylation is 1. The Hall–Kier alpha value is -2.79. The molecule has 0 atom stereocenters. The van der Waals surface area contributed by atoms with Gasteiger partial charge in [0.1, 0.15) is 11.5 Å². The van der Waals surface area contributed by atoms with E-state index in [9.17, 15) is 9.90 Å². The third-order valence-electron chi connectivity index (χ3n) is 6.12. The van der Waals surface area contributed by atoms with Crippen molar-refractivity contribution in [1.82, 2.24) is 4.90 Å². The topological polar surface area (TPSA) is 53.0 Å². The molecule has 0 saturated carbocycles. The summed E-state index contributed by atoms with van der Waals surface area (Å²) in [7, 11) is 0. The van der Waals surface area contributed by atoms with Crippen LogP contribution in [0.4, 0.5) is 5.69 Å². The lowest BCUT2D eigenvalue weighted by molar-refractivity contribution is 0.101. The number of Topliss-reactive ketones (excluding diaryl/α,β-unsaturated/α-hetero) is 1. The summed E-state index contributed by atoms with van der Waals surface area (Å²) in [5.74, 6) is 0.932. The van der Waals surface area contributed by atoms with Gasteiger partial charge in [-0.15, -0.1) is 0 Å². The molecule has 5 heteroatoms. The van der Waals surface area contributed by atoms with Crippen LogP contribution in [0.3, 0.4) is 0 Å². The van der Waals surface area contributed by atoms with E-state index < -0.39 is 0 Å². The molecule has 1 saturated heterocycles. The summed E-state index contributed by atoms with van der Waals surface area (Å²) in [5, 5.41) is 10.6. The van der Waals surface area contributed by atoms with Crippen molar-refractivity contribution in [1.29, 1.82) is 0 Å². The Morgan fingerprint density at radius 3 is 2.43 bits per heavy atom. The van der Waals surface area contributed by atoms with Crippen LogP contribution in [-0.4, -0.2) is 42.0 Å². The molecular formula is C25H30N2O3. The number of hydrogen-bond donors (Lipinski definition) is 1. The van der Waals surface area contributed by atoms with Gasteiger partial charge in [0.15, 0.2) is 5.76 Å². The van der Waals surface area contributed by atoms with Gasteiger partial charge < -0.3 is 14.7 Å². The van der Waals surface area contributed by atoms with Gasteiger partial charge in [0.25, 0.3) is 0 Å². The van der Waals surface area contributed by atoms with Crippen molar-refractivity contribution in [3.8, 4) is 11.5 Å². The first-order valence-corrected chi connectivity index (χ1v) is 10.9. The van der Waals surface area contributed by atoms with E-state index in [2.05, 4.69) is 35.8 Å². The Labute approximate surface area is 178 Å². The number of likely N-dealkylation sites (tertiary alicyclic amines) is 1. The minimum atomic E-state index is -0.113. The van der Waals surface area contributed by atoms with Gasteiger partial charge in [-0.1, -0.05) is 12.1 Å². The fourth-order valence-corrected chi connectivity index (χ4v) is 4.42. The van der Waals surface area contributed by atoms with Crippen LogP contribution in [0.15, 0.2) is 36.1 Å². The lowest BCUT2D eigenvalue weighted by Crippen LogP contribution is -2.21. The number of carbonyl (C=O) groups is 1. The van der Waals surface area contributed by atoms with Crippen molar-refractivity contribution in [2.45, 2.75) is 40.2 Å².